The van der Waals surface area contributed by atoms with Gasteiger partial charge in [-0.15, -0.1) is 0 Å². The van der Waals surface area contributed by atoms with E-state index >= 15 is 0 Å². The van der Waals surface area contributed by atoms with E-state index < -0.39 is 0 Å². The van der Waals surface area contributed by atoms with Crippen molar-refractivity contribution >= 4 is 11.6 Å². The van der Waals surface area contributed by atoms with Crippen LogP contribution < -0.4 is 11.1 Å². The molecule has 0 amide bonds. The Hall–Kier alpha value is -1.51. The maximum atomic E-state index is 5.81. The van der Waals surface area contributed by atoms with Crippen molar-refractivity contribution in [1.29, 1.82) is 0 Å². The molecule has 3 nitrogen and oxygen atoms in total. The molecule has 1 fully saturated rings. The number of nitrogens with two attached hydrogens (primary N) is 1. The largest absolute Gasteiger partial charge is 0.370 e. The summed E-state index contributed by atoms with van der Waals surface area (Å²) in [4.78, 5) is 4.36. The smallest absolute Gasteiger partial charge is 0.193 e. The Morgan fingerprint density at radius 3 is 2.75 bits per heavy atom. The first-order valence-electron chi connectivity index (χ1n) is 5.87. The quantitative estimate of drug-likeness (QED) is 0.601. The van der Waals surface area contributed by atoms with Crippen molar-refractivity contribution in [1.82, 2.24) is 0 Å². The molecule has 0 spiro atoms. The highest BCUT2D eigenvalue weighted by molar-refractivity contribution is 5.92. The Morgan fingerprint density at radius 1 is 1.44 bits per heavy atom. The molecule has 1 saturated carbocycles. The molecule has 1 atom stereocenters. The van der Waals surface area contributed by atoms with Gasteiger partial charge in [0.2, 0.25) is 0 Å². The Labute approximate surface area is 96.8 Å². The molecule has 1 aromatic rings. The fourth-order valence-electron chi connectivity index (χ4n) is 1.77. The average Bonchev–Trinajstić information content (AvgIpc) is 3.11. The first-order chi connectivity index (χ1) is 7.75. The first-order valence-corrected chi connectivity index (χ1v) is 5.87. The summed E-state index contributed by atoms with van der Waals surface area (Å²) < 4.78 is 0. The third kappa shape index (κ3) is 3.26. The number of para-hydroxylation sites is 1. The van der Waals surface area contributed by atoms with E-state index in [0.29, 0.717) is 11.9 Å². The van der Waals surface area contributed by atoms with Gasteiger partial charge < -0.3 is 11.1 Å². The Bertz CT molecular complexity index is 355. The van der Waals surface area contributed by atoms with Gasteiger partial charge in [0.05, 0.1) is 0 Å². The van der Waals surface area contributed by atoms with Crippen LogP contribution in [-0.2, 0) is 0 Å². The third-order valence-electron chi connectivity index (χ3n) is 3.02. The zero-order valence-corrected chi connectivity index (χ0v) is 9.69. The van der Waals surface area contributed by atoms with Crippen molar-refractivity contribution < 1.29 is 0 Å². The van der Waals surface area contributed by atoms with Crippen molar-refractivity contribution in [2.45, 2.75) is 19.8 Å². The highest BCUT2D eigenvalue weighted by Crippen LogP contribution is 2.36. The van der Waals surface area contributed by atoms with Gasteiger partial charge in [-0.05, 0) is 36.8 Å². The SMILES string of the molecule is CC(CN=C(N)Nc1ccccc1)C1CC1. The number of benzene rings is 1. The molecule has 0 radical (unpaired) electrons. The van der Waals surface area contributed by atoms with Crippen LogP contribution in [0.1, 0.15) is 19.8 Å². The lowest BCUT2D eigenvalue weighted by atomic mass is 10.1. The molecule has 0 aliphatic heterocycles. The minimum Gasteiger partial charge on any atom is -0.370 e. The Kier molecular flexibility index (Phi) is 3.44. The van der Waals surface area contributed by atoms with Crippen LogP contribution in [0.5, 0.6) is 0 Å². The van der Waals surface area contributed by atoms with Crippen LogP contribution >= 0.6 is 0 Å². The van der Waals surface area contributed by atoms with Crippen LogP contribution in [0.15, 0.2) is 35.3 Å². The zero-order valence-electron chi connectivity index (χ0n) is 9.69. The van der Waals surface area contributed by atoms with Crippen molar-refractivity contribution in [3.63, 3.8) is 0 Å². The molecule has 0 heterocycles. The van der Waals surface area contributed by atoms with Crippen LogP contribution in [0.25, 0.3) is 0 Å². The highest BCUT2D eigenvalue weighted by atomic mass is 15.1. The summed E-state index contributed by atoms with van der Waals surface area (Å²) >= 11 is 0. The van der Waals surface area contributed by atoms with Gasteiger partial charge in [0, 0.05) is 12.2 Å². The van der Waals surface area contributed by atoms with Crippen molar-refractivity contribution in [3.8, 4) is 0 Å². The van der Waals surface area contributed by atoms with E-state index in [1.807, 2.05) is 30.3 Å². The molecule has 1 aliphatic rings. The Balaban J connectivity index is 1.82. The van der Waals surface area contributed by atoms with Crippen LogP contribution in [0.2, 0.25) is 0 Å². The summed E-state index contributed by atoms with van der Waals surface area (Å²) in [5, 5.41) is 3.08. The lowest BCUT2D eigenvalue weighted by molar-refractivity contribution is 0.522. The number of hydrogen-bond donors (Lipinski definition) is 2. The second-order valence-corrected chi connectivity index (χ2v) is 4.53. The van der Waals surface area contributed by atoms with Crippen molar-refractivity contribution in [2.24, 2.45) is 22.6 Å². The summed E-state index contributed by atoms with van der Waals surface area (Å²) in [6.07, 6.45) is 2.73. The number of aliphatic imine (C=N–C) groups is 1. The molecule has 1 aliphatic carbocycles. The first kappa shape index (κ1) is 11.0. The van der Waals surface area contributed by atoms with Crippen molar-refractivity contribution in [2.75, 3.05) is 11.9 Å². The van der Waals surface area contributed by atoms with Gasteiger partial charge in [0.25, 0.3) is 0 Å². The molecular weight excluding hydrogens is 198 g/mol. The molecule has 3 heteroatoms. The molecular formula is C13H19N3. The van der Waals surface area contributed by atoms with Gasteiger partial charge in [0.1, 0.15) is 0 Å². The number of guanidine groups is 1. The molecule has 86 valence electrons. The van der Waals surface area contributed by atoms with Gasteiger partial charge in [0.15, 0.2) is 5.96 Å². The molecule has 0 aromatic heterocycles. The van der Waals surface area contributed by atoms with Crippen LogP contribution in [-0.4, -0.2) is 12.5 Å². The number of anilines is 1. The van der Waals surface area contributed by atoms with Crippen LogP contribution in [0.4, 0.5) is 5.69 Å². The topological polar surface area (TPSA) is 50.4 Å². The second-order valence-electron chi connectivity index (χ2n) is 4.53. The van der Waals surface area contributed by atoms with E-state index in [2.05, 4.69) is 17.2 Å². The van der Waals surface area contributed by atoms with Crippen LogP contribution in [0, 0.1) is 11.8 Å². The van der Waals surface area contributed by atoms with Gasteiger partial charge in [-0.2, -0.15) is 0 Å². The molecule has 1 aromatic carbocycles. The standard InChI is InChI=1S/C13H19N3/c1-10(11-7-8-11)9-15-13(14)16-12-5-3-2-4-6-12/h2-6,10-11H,7-9H2,1H3,(H3,14,15,16). The van der Waals surface area contributed by atoms with E-state index in [-0.39, 0.29) is 0 Å². The van der Waals surface area contributed by atoms with Crippen molar-refractivity contribution in [3.05, 3.63) is 30.3 Å². The number of nitrogens with one attached hydrogen (secondary N) is 1. The molecule has 2 rings (SSSR count). The van der Waals surface area contributed by atoms with E-state index in [4.69, 9.17) is 5.73 Å². The lowest BCUT2D eigenvalue weighted by Crippen LogP contribution is -2.23. The number of rotatable bonds is 4. The van der Waals surface area contributed by atoms with Gasteiger partial charge >= 0.3 is 0 Å². The van der Waals surface area contributed by atoms with Gasteiger partial charge in [-0.25, -0.2) is 0 Å². The van der Waals surface area contributed by atoms with E-state index in [0.717, 1.165) is 18.2 Å². The molecule has 1 unspecified atom stereocenters. The minimum atomic E-state index is 0.513. The zero-order chi connectivity index (χ0) is 11.4. The molecule has 0 saturated heterocycles. The number of hydrogen-bond acceptors (Lipinski definition) is 1. The van der Waals surface area contributed by atoms with Gasteiger partial charge in [-0.1, -0.05) is 25.1 Å². The summed E-state index contributed by atoms with van der Waals surface area (Å²) in [6, 6.07) is 9.89. The predicted octanol–water partition coefficient (Wildman–Crippen LogP) is 2.46. The maximum absolute atomic E-state index is 5.81. The van der Waals surface area contributed by atoms with E-state index in [1.54, 1.807) is 0 Å². The van der Waals surface area contributed by atoms with Crippen LogP contribution in [0.3, 0.4) is 0 Å². The molecule has 16 heavy (non-hydrogen) atoms. The molecule has 0 bridgehead atoms. The lowest BCUT2D eigenvalue weighted by Gasteiger charge is -2.08. The fourth-order valence-corrected chi connectivity index (χ4v) is 1.77. The highest BCUT2D eigenvalue weighted by Gasteiger charge is 2.27. The summed E-state index contributed by atoms with van der Waals surface area (Å²) in [7, 11) is 0. The summed E-state index contributed by atoms with van der Waals surface area (Å²) in [6.45, 7) is 3.08. The summed E-state index contributed by atoms with van der Waals surface area (Å²) in [5.74, 6) is 2.06. The average molecular weight is 217 g/mol. The number of nitrogens with zero attached hydrogens (tertiary/aromatic N) is 1. The second kappa shape index (κ2) is 5.01. The minimum absolute atomic E-state index is 0.513. The Morgan fingerprint density at radius 2 is 2.12 bits per heavy atom. The van der Waals surface area contributed by atoms with Gasteiger partial charge in [-0.3, -0.25) is 4.99 Å². The maximum Gasteiger partial charge on any atom is 0.193 e. The fraction of sp³-hybridized carbons (Fsp3) is 0.462. The van der Waals surface area contributed by atoms with E-state index in [9.17, 15) is 0 Å². The predicted molar refractivity (Wildman–Crippen MR) is 68.4 cm³/mol. The monoisotopic (exact) mass is 217 g/mol. The normalized spacial score (nSPS) is 18.2. The summed E-state index contributed by atoms with van der Waals surface area (Å²) in [5.41, 5.74) is 6.80. The third-order valence-corrected chi connectivity index (χ3v) is 3.02. The molecule has 3 N–H and O–H groups in total. The van der Waals surface area contributed by atoms with E-state index in [1.165, 1.54) is 12.8 Å².